The average Bonchev–Trinajstić information content (AvgIpc) is 2.14. The largest absolute Gasteiger partial charge is 0.499 e. The highest BCUT2D eigenvalue weighted by Crippen LogP contribution is 2.40. The average molecular weight is 227 g/mol. The van der Waals surface area contributed by atoms with Gasteiger partial charge >= 0.3 is 0 Å². The molecule has 2 N–H and O–H groups in total. The molecule has 3 unspecified atom stereocenters. The zero-order valence-corrected chi connectivity index (χ0v) is 10.7. The number of hydrogen-bond donors (Lipinski definition) is 1. The third-order valence-corrected chi connectivity index (χ3v) is 3.37. The molecular weight excluding hydrogens is 202 g/mol. The van der Waals surface area contributed by atoms with Gasteiger partial charge < -0.3 is 15.2 Å². The molecule has 0 aromatic carbocycles. The Morgan fingerprint density at radius 2 is 2.12 bits per heavy atom. The molecule has 94 valence electrons. The van der Waals surface area contributed by atoms with Gasteiger partial charge in [0.2, 0.25) is 0 Å². The molecular formula is C13H25NO2. The van der Waals surface area contributed by atoms with Gasteiger partial charge in [-0.05, 0) is 24.2 Å². The maximum atomic E-state index is 6.05. The van der Waals surface area contributed by atoms with Crippen LogP contribution in [0.3, 0.4) is 0 Å². The predicted molar refractivity (Wildman–Crippen MR) is 66.0 cm³/mol. The molecule has 0 spiro atoms. The van der Waals surface area contributed by atoms with Crippen LogP contribution in [0, 0.1) is 11.3 Å². The predicted octanol–water partition coefficient (Wildman–Crippen LogP) is 2.32. The van der Waals surface area contributed by atoms with Crippen molar-refractivity contribution >= 4 is 0 Å². The number of ether oxygens (including phenoxy) is 2. The van der Waals surface area contributed by atoms with Crippen molar-refractivity contribution in [3.63, 3.8) is 0 Å². The van der Waals surface area contributed by atoms with E-state index in [4.69, 9.17) is 15.2 Å². The second kappa shape index (κ2) is 5.69. The molecule has 0 amide bonds. The number of hydrogen-bond acceptors (Lipinski definition) is 3. The lowest BCUT2D eigenvalue weighted by atomic mass is 9.68. The highest BCUT2D eigenvalue weighted by molar-refractivity contribution is 4.92. The first-order chi connectivity index (χ1) is 7.47. The smallest absolute Gasteiger partial charge is 0.111 e. The van der Waals surface area contributed by atoms with Crippen LogP contribution in [0.4, 0.5) is 0 Å². The van der Waals surface area contributed by atoms with Crippen molar-refractivity contribution in [2.24, 2.45) is 17.1 Å². The van der Waals surface area contributed by atoms with Crippen molar-refractivity contribution in [3.05, 3.63) is 12.8 Å². The van der Waals surface area contributed by atoms with Crippen molar-refractivity contribution in [3.8, 4) is 0 Å². The van der Waals surface area contributed by atoms with E-state index in [0.29, 0.717) is 25.2 Å². The van der Waals surface area contributed by atoms with Crippen LogP contribution in [0.15, 0.2) is 12.8 Å². The van der Waals surface area contributed by atoms with E-state index in [1.807, 2.05) is 0 Å². The molecule has 0 bridgehead atoms. The molecule has 16 heavy (non-hydrogen) atoms. The molecule has 0 heterocycles. The second-order valence-electron chi connectivity index (χ2n) is 5.49. The Balaban J connectivity index is 2.45. The molecule has 0 aromatic rings. The van der Waals surface area contributed by atoms with E-state index in [0.717, 1.165) is 12.8 Å². The number of rotatable bonds is 5. The summed E-state index contributed by atoms with van der Waals surface area (Å²) in [5.41, 5.74) is 6.20. The van der Waals surface area contributed by atoms with Gasteiger partial charge in [-0.2, -0.15) is 0 Å². The Kier molecular flexibility index (Phi) is 4.81. The van der Waals surface area contributed by atoms with Crippen LogP contribution in [-0.4, -0.2) is 25.4 Å². The summed E-state index contributed by atoms with van der Waals surface area (Å²) >= 11 is 0. The summed E-state index contributed by atoms with van der Waals surface area (Å²) in [7, 11) is 0. The molecule has 3 heteroatoms. The Labute approximate surface area is 99.0 Å². The van der Waals surface area contributed by atoms with Crippen LogP contribution in [0.1, 0.15) is 33.6 Å². The number of nitrogens with two attached hydrogens (primary N) is 1. The molecule has 3 nitrogen and oxygen atoms in total. The molecule has 1 aliphatic carbocycles. The summed E-state index contributed by atoms with van der Waals surface area (Å²) in [4.78, 5) is 0. The summed E-state index contributed by atoms with van der Waals surface area (Å²) in [5, 5.41) is 0. The van der Waals surface area contributed by atoms with E-state index in [2.05, 4.69) is 27.4 Å². The Morgan fingerprint density at radius 1 is 1.44 bits per heavy atom. The minimum atomic E-state index is 0.158. The fourth-order valence-electron chi connectivity index (χ4n) is 2.94. The summed E-state index contributed by atoms with van der Waals surface area (Å²) in [6.07, 6.45) is 3.82. The van der Waals surface area contributed by atoms with Crippen molar-refractivity contribution in [1.29, 1.82) is 0 Å². The highest BCUT2D eigenvalue weighted by Gasteiger charge is 2.40. The van der Waals surface area contributed by atoms with Gasteiger partial charge in [0, 0.05) is 6.04 Å². The van der Waals surface area contributed by atoms with E-state index in [1.54, 1.807) is 0 Å². The standard InChI is InChI=1S/C13H25NO2/c1-5-15-6-7-16-12-10(2)8-11(14)9-13(12,3)4/h5,10-12H,1,6-9,14H2,2-4H3. The van der Waals surface area contributed by atoms with Crippen LogP contribution in [0.25, 0.3) is 0 Å². The molecule has 1 aliphatic rings. The van der Waals surface area contributed by atoms with E-state index in [1.165, 1.54) is 6.26 Å². The SMILES string of the molecule is C=COCCOC1C(C)CC(N)CC1(C)C. The van der Waals surface area contributed by atoms with E-state index < -0.39 is 0 Å². The van der Waals surface area contributed by atoms with Crippen LogP contribution in [-0.2, 0) is 9.47 Å². The summed E-state index contributed by atoms with van der Waals surface area (Å²) in [5.74, 6) is 0.516. The van der Waals surface area contributed by atoms with Gasteiger partial charge in [-0.1, -0.05) is 27.4 Å². The molecule has 3 atom stereocenters. The Hall–Kier alpha value is -0.540. The van der Waals surface area contributed by atoms with Crippen molar-refractivity contribution in [2.45, 2.75) is 45.8 Å². The molecule has 0 saturated heterocycles. The molecule has 0 aliphatic heterocycles. The monoisotopic (exact) mass is 227 g/mol. The minimum Gasteiger partial charge on any atom is -0.499 e. The van der Waals surface area contributed by atoms with Gasteiger partial charge in [0.05, 0.1) is 19.0 Å². The quantitative estimate of drug-likeness (QED) is 0.579. The van der Waals surface area contributed by atoms with Crippen LogP contribution >= 0.6 is 0 Å². The topological polar surface area (TPSA) is 44.5 Å². The van der Waals surface area contributed by atoms with Crippen molar-refractivity contribution in [1.82, 2.24) is 0 Å². The highest BCUT2D eigenvalue weighted by atomic mass is 16.5. The first kappa shape index (κ1) is 13.5. The van der Waals surface area contributed by atoms with Crippen molar-refractivity contribution in [2.75, 3.05) is 13.2 Å². The van der Waals surface area contributed by atoms with Gasteiger partial charge in [-0.25, -0.2) is 0 Å². The molecule has 1 fully saturated rings. The zero-order valence-electron chi connectivity index (χ0n) is 10.7. The van der Waals surface area contributed by atoms with Gasteiger partial charge in [0.1, 0.15) is 6.61 Å². The van der Waals surface area contributed by atoms with Crippen LogP contribution in [0.2, 0.25) is 0 Å². The van der Waals surface area contributed by atoms with Gasteiger partial charge in [0.15, 0.2) is 0 Å². The lowest BCUT2D eigenvalue weighted by Crippen LogP contribution is -2.48. The van der Waals surface area contributed by atoms with Gasteiger partial charge in [0.25, 0.3) is 0 Å². The summed E-state index contributed by atoms with van der Waals surface area (Å²) < 4.78 is 11.0. The third kappa shape index (κ3) is 3.49. The first-order valence-corrected chi connectivity index (χ1v) is 6.07. The van der Waals surface area contributed by atoms with E-state index in [-0.39, 0.29) is 11.5 Å². The Bertz CT molecular complexity index is 228. The normalized spacial score (nSPS) is 33.4. The Morgan fingerprint density at radius 3 is 2.69 bits per heavy atom. The van der Waals surface area contributed by atoms with Crippen LogP contribution in [0.5, 0.6) is 0 Å². The fourth-order valence-corrected chi connectivity index (χ4v) is 2.94. The van der Waals surface area contributed by atoms with E-state index in [9.17, 15) is 0 Å². The summed E-state index contributed by atoms with van der Waals surface area (Å²) in [6, 6.07) is 0.314. The molecule has 0 radical (unpaired) electrons. The lowest BCUT2D eigenvalue weighted by Gasteiger charge is -2.45. The first-order valence-electron chi connectivity index (χ1n) is 6.07. The van der Waals surface area contributed by atoms with Gasteiger partial charge in [-0.15, -0.1) is 0 Å². The summed E-state index contributed by atoms with van der Waals surface area (Å²) in [6.45, 7) is 11.4. The molecule has 1 rings (SSSR count). The molecule has 0 aromatic heterocycles. The maximum Gasteiger partial charge on any atom is 0.111 e. The maximum absolute atomic E-state index is 6.05. The van der Waals surface area contributed by atoms with Crippen molar-refractivity contribution < 1.29 is 9.47 Å². The second-order valence-corrected chi connectivity index (χ2v) is 5.49. The van der Waals surface area contributed by atoms with Crippen LogP contribution < -0.4 is 5.73 Å². The third-order valence-electron chi connectivity index (χ3n) is 3.37. The van der Waals surface area contributed by atoms with E-state index >= 15 is 0 Å². The lowest BCUT2D eigenvalue weighted by molar-refractivity contribution is -0.0933. The van der Waals surface area contributed by atoms with Gasteiger partial charge in [-0.3, -0.25) is 0 Å². The fraction of sp³-hybridized carbons (Fsp3) is 0.846. The minimum absolute atomic E-state index is 0.158. The zero-order chi connectivity index (χ0) is 12.2. The molecule has 1 saturated carbocycles.